The first-order valence-electron chi connectivity index (χ1n) is 9.06. The molecule has 1 aliphatic heterocycles. The number of piperidine rings is 1. The van der Waals surface area contributed by atoms with Gasteiger partial charge >= 0.3 is 0 Å². The Kier molecular flexibility index (Phi) is 5.46. The minimum atomic E-state index is -3.56. The molecule has 1 saturated carbocycles. The number of benzene rings is 1. The summed E-state index contributed by atoms with van der Waals surface area (Å²) in [4.78, 5) is 15.3. The van der Waals surface area contributed by atoms with E-state index in [1.165, 1.54) is 25.0 Å². The Hall–Kier alpha value is -1.44. The van der Waals surface area contributed by atoms with Crippen LogP contribution in [0.25, 0.3) is 0 Å². The minimum Gasteiger partial charge on any atom is -0.349 e. The van der Waals surface area contributed by atoms with Gasteiger partial charge in [0.2, 0.25) is 10.0 Å². The van der Waals surface area contributed by atoms with E-state index in [1.54, 1.807) is 13.0 Å². The maximum Gasteiger partial charge on any atom is 0.251 e. The standard InChI is InChI=1S/C18H27N3O3S/c1-3-19-25(23,24)16-7-4-13(2)17(12-16)18(22)20-14-8-10-21(11-9-14)15-5-6-15/h4,7,12,14-15,19H,3,5-6,8-11H2,1-2H3,(H,20,22). The molecule has 7 heteroatoms. The van der Waals surface area contributed by atoms with Gasteiger partial charge in [0.15, 0.2) is 0 Å². The van der Waals surface area contributed by atoms with Crippen molar-refractivity contribution < 1.29 is 13.2 Å². The van der Waals surface area contributed by atoms with E-state index in [9.17, 15) is 13.2 Å². The monoisotopic (exact) mass is 365 g/mol. The normalized spacial score (nSPS) is 19.8. The van der Waals surface area contributed by atoms with Crippen LogP contribution in [-0.2, 0) is 10.0 Å². The topological polar surface area (TPSA) is 78.5 Å². The summed E-state index contributed by atoms with van der Waals surface area (Å²) in [5.74, 6) is -0.184. The molecule has 25 heavy (non-hydrogen) atoms. The molecule has 6 nitrogen and oxygen atoms in total. The zero-order chi connectivity index (χ0) is 18.0. The first kappa shape index (κ1) is 18.4. The lowest BCUT2D eigenvalue weighted by Gasteiger charge is -2.32. The number of hydrogen-bond acceptors (Lipinski definition) is 4. The summed E-state index contributed by atoms with van der Waals surface area (Å²) < 4.78 is 26.8. The summed E-state index contributed by atoms with van der Waals surface area (Å²) in [6, 6.07) is 5.64. The van der Waals surface area contributed by atoms with Crippen molar-refractivity contribution >= 4 is 15.9 Å². The maximum atomic E-state index is 12.7. The molecule has 2 aliphatic rings. The molecule has 0 aromatic heterocycles. The summed E-state index contributed by atoms with van der Waals surface area (Å²) in [6.07, 6.45) is 4.53. The number of nitrogens with one attached hydrogen (secondary N) is 2. The van der Waals surface area contributed by atoms with E-state index < -0.39 is 10.0 Å². The van der Waals surface area contributed by atoms with E-state index in [0.717, 1.165) is 37.5 Å². The number of rotatable bonds is 6. The molecule has 1 heterocycles. The van der Waals surface area contributed by atoms with Crippen molar-refractivity contribution in [1.82, 2.24) is 14.9 Å². The summed E-state index contributed by atoms with van der Waals surface area (Å²) in [7, 11) is -3.56. The highest BCUT2D eigenvalue weighted by molar-refractivity contribution is 7.89. The second-order valence-corrected chi connectivity index (χ2v) is 8.76. The van der Waals surface area contributed by atoms with Crippen LogP contribution in [0.4, 0.5) is 0 Å². The molecule has 0 spiro atoms. The van der Waals surface area contributed by atoms with Gasteiger partial charge in [-0.25, -0.2) is 13.1 Å². The van der Waals surface area contributed by atoms with Crippen LogP contribution in [0.2, 0.25) is 0 Å². The van der Waals surface area contributed by atoms with E-state index in [1.807, 2.05) is 6.92 Å². The van der Waals surface area contributed by atoms with Crippen LogP contribution in [0.3, 0.4) is 0 Å². The van der Waals surface area contributed by atoms with Crippen molar-refractivity contribution in [3.05, 3.63) is 29.3 Å². The Labute approximate surface area is 150 Å². The van der Waals surface area contributed by atoms with Crippen LogP contribution >= 0.6 is 0 Å². The Bertz CT molecular complexity index is 736. The van der Waals surface area contributed by atoms with Gasteiger partial charge in [0.05, 0.1) is 4.90 Å². The van der Waals surface area contributed by atoms with Gasteiger partial charge in [-0.1, -0.05) is 13.0 Å². The molecule has 1 aromatic rings. The molecule has 0 bridgehead atoms. The van der Waals surface area contributed by atoms with Gasteiger partial charge in [-0.05, 0) is 50.3 Å². The van der Waals surface area contributed by atoms with Gasteiger partial charge in [0, 0.05) is 37.3 Å². The second-order valence-electron chi connectivity index (χ2n) is 6.99. The van der Waals surface area contributed by atoms with Crippen LogP contribution in [0, 0.1) is 6.92 Å². The Morgan fingerprint density at radius 2 is 1.88 bits per heavy atom. The third-order valence-corrected chi connectivity index (χ3v) is 6.57. The highest BCUT2D eigenvalue weighted by atomic mass is 32.2. The molecular formula is C18H27N3O3S. The average Bonchev–Trinajstić information content (AvgIpc) is 3.40. The van der Waals surface area contributed by atoms with Crippen molar-refractivity contribution in [3.8, 4) is 0 Å². The van der Waals surface area contributed by atoms with Crippen molar-refractivity contribution in [2.45, 2.75) is 56.5 Å². The van der Waals surface area contributed by atoms with E-state index in [4.69, 9.17) is 0 Å². The highest BCUT2D eigenvalue weighted by Crippen LogP contribution is 2.29. The Balaban J connectivity index is 1.67. The maximum absolute atomic E-state index is 12.7. The van der Waals surface area contributed by atoms with E-state index in [2.05, 4.69) is 14.9 Å². The van der Waals surface area contributed by atoms with Crippen LogP contribution < -0.4 is 10.0 Å². The lowest BCUT2D eigenvalue weighted by molar-refractivity contribution is 0.0908. The van der Waals surface area contributed by atoms with Gasteiger partial charge < -0.3 is 10.2 Å². The molecule has 0 unspecified atom stereocenters. The van der Waals surface area contributed by atoms with Crippen LogP contribution in [0.15, 0.2) is 23.1 Å². The number of carbonyl (C=O) groups excluding carboxylic acids is 1. The quantitative estimate of drug-likeness (QED) is 0.803. The van der Waals surface area contributed by atoms with E-state index >= 15 is 0 Å². The molecule has 1 aliphatic carbocycles. The third kappa shape index (κ3) is 4.40. The number of sulfonamides is 1. The fourth-order valence-electron chi connectivity index (χ4n) is 3.40. The SMILES string of the molecule is CCNS(=O)(=O)c1ccc(C)c(C(=O)NC2CCN(C3CC3)CC2)c1. The number of aryl methyl sites for hydroxylation is 1. The van der Waals surface area contributed by atoms with Crippen molar-refractivity contribution in [2.75, 3.05) is 19.6 Å². The van der Waals surface area contributed by atoms with Crippen LogP contribution in [-0.4, -0.2) is 50.9 Å². The molecule has 3 rings (SSSR count). The number of amides is 1. The number of carbonyl (C=O) groups is 1. The van der Waals surface area contributed by atoms with Crippen LogP contribution in [0.5, 0.6) is 0 Å². The molecule has 0 atom stereocenters. The van der Waals surface area contributed by atoms with Crippen molar-refractivity contribution in [1.29, 1.82) is 0 Å². The van der Waals surface area contributed by atoms with Crippen LogP contribution in [0.1, 0.15) is 48.5 Å². The van der Waals surface area contributed by atoms with E-state index in [-0.39, 0.29) is 16.8 Å². The molecule has 2 N–H and O–H groups in total. The summed E-state index contributed by atoms with van der Waals surface area (Å²) in [6.45, 7) is 5.94. The van der Waals surface area contributed by atoms with Gasteiger partial charge in [0.25, 0.3) is 5.91 Å². The molecule has 0 radical (unpaired) electrons. The van der Waals surface area contributed by atoms with Crippen molar-refractivity contribution in [3.63, 3.8) is 0 Å². The van der Waals surface area contributed by atoms with E-state index in [0.29, 0.717) is 12.1 Å². The zero-order valence-corrected chi connectivity index (χ0v) is 15.7. The van der Waals surface area contributed by atoms with Gasteiger partial charge in [-0.15, -0.1) is 0 Å². The largest absolute Gasteiger partial charge is 0.349 e. The van der Waals surface area contributed by atoms with Gasteiger partial charge in [-0.3, -0.25) is 4.79 Å². The first-order valence-corrected chi connectivity index (χ1v) is 10.5. The molecule has 1 saturated heterocycles. The highest BCUT2D eigenvalue weighted by Gasteiger charge is 2.32. The predicted octanol–water partition coefficient (Wildman–Crippen LogP) is 1.65. The zero-order valence-electron chi connectivity index (χ0n) is 14.9. The number of nitrogens with zero attached hydrogens (tertiary/aromatic N) is 1. The fourth-order valence-corrected chi connectivity index (χ4v) is 4.46. The van der Waals surface area contributed by atoms with Crippen molar-refractivity contribution in [2.24, 2.45) is 0 Å². The van der Waals surface area contributed by atoms with Gasteiger partial charge in [0.1, 0.15) is 0 Å². The summed E-state index contributed by atoms with van der Waals surface area (Å²) in [5, 5.41) is 3.09. The number of likely N-dealkylation sites (tertiary alicyclic amines) is 1. The molecule has 2 fully saturated rings. The molecular weight excluding hydrogens is 338 g/mol. The smallest absolute Gasteiger partial charge is 0.251 e. The third-order valence-electron chi connectivity index (χ3n) is 5.03. The fraction of sp³-hybridized carbons (Fsp3) is 0.611. The summed E-state index contributed by atoms with van der Waals surface area (Å²) >= 11 is 0. The predicted molar refractivity (Wildman–Crippen MR) is 97.1 cm³/mol. The lowest BCUT2D eigenvalue weighted by Crippen LogP contribution is -2.45. The summed E-state index contributed by atoms with van der Waals surface area (Å²) in [5.41, 5.74) is 1.21. The second kappa shape index (κ2) is 7.43. The first-order chi connectivity index (χ1) is 11.9. The molecule has 138 valence electrons. The lowest BCUT2D eigenvalue weighted by atomic mass is 10.0. The molecule has 1 aromatic carbocycles. The van der Waals surface area contributed by atoms with Gasteiger partial charge in [-0.2, -0.15) is 0 Å². The minimum absolute atomic E-state index is 0.133. The Morgan fingerprint density at radius 3 is 2.48 bits per heavy atom. The molecule has 1 amide bonds. The number of hydrogen-bond donors (Lipinski definition) is 2. The average molecular weight is 365 g/mol. The Morgan fingerprint density at radius 1 is 1.20 bits per heavy atom.